The van der Waals surface area contributed by atoms with Gasteiger partial charge in [-0.05, 0) is 37.1 Å². The van der Waals surface area contributed by atoms with Crippen LogP contribution in [0.1, 0.15) is 23.2 Å². The van der Waals surface area contributed by atoms with E-state index in [0.717, 1.165) is 5.75 Å². The Labute approximate surface area is 135 Å². The summed E-state index contributed by atoms with van der Waals surface area (Å²) in [6.07, 6.45) is 3.59. The number of pyridine rings is 1. The first-order valence-electron chi connectivity index (χ1n) is 7.74. The smallest absolute Gasteiger partial charge is 0.255 e. The van der Waals surface area contributed by atoms with Gasteiger partial charge in [0.1, 0.15) is 18.0 Å². The molecule has 5 nitrogen and oxygen atoms in total. The number of benzene rings is 1. The number of rotatable bonds is 4. The molecule has 1 aliphatic rings. The predicted octanol–water partition coefficient (Wildman–Crippen LogP) is 2.12. The molecule has 1 aliphatic carbocycles. The van der Waals surface area contributed by atoms with Crippen molar-refractivity contribution in [2.45, 2.75) is 31.1 Å². The number of hydrogen-bond donors (Lipinski definition) is 1. The van der Waals surface area contributed by atoms with E-state index in [-0.39, 0.29) is 18.1 Å². The Kier molecular flexibility index (Phi) is 4.57. The summed E-state index contributed by atoms with van der Waals surface area (Å²) in [6, 6.07) is 12.6. The summed E-state index contributed by atoms with van der Waals surface area (Å²) in [5.74, 6) is 0.598. The monoisotopic (exact) mass is 312 g/mol. The number of amides is 1. The van der Waals surface area contributed by atoms with Crippen molar-refractivity contribution in [2.24, 2.45) is 0 Å². The first-order chi connectivity index (χ1) is 11.2. The van der Waals surface area contributed by atoms with Gasteiger partial charge in [-0.2, -0.15) is 0 Å². The second-order valence-electron chi connectivity index (χ2n) is 5.76. The third kappa shape index (κ3) is 3.35. The van der Waals surface area contributed by atoms with Gasteiger partial charge in [-0.15, -0.1) is 0 Å². The van der Waals surface area contributed by atoms with Gasteiger partial charge in [0.15, 0.2) is 0 Å². The van der Waals surface area contributed by atoms with Gasteiger partial charge >= 0.3 is 0 Å². The maximum atomic E-state index is 12.5. The third-order valence-electron chi connectivity index (χ3n) is 4.28. The van der Waals surface area contributed by atoms with Gasteiger partial charge in [0, 0.05) is 19.4 Å². The van der Waals surface area contributed by atoms with E-state index in [4.69, 9.17) is 4.74 Å². The molecule has 1 amide bonds. The van der Waals surface area contributed by atoms with Crippen molar-refractivity contribution < 1.29 is 14.6 Å². The molecule has 23 heavy (non-hydrogen) atoms. The Morgan fingerprint density at radius 1 is 1.22 bits per heavy atom. The van der Waals surface area contributed by atoms with Crippen LogP contribution in [0.4, 0.5) is 0 Å². The number of hydrogen-bond acceptors (Lipinski definition) is 4. The number of carbonyl (C=O) groups excluding carboxylic acids is 1. The second kappa shape index (κ2) is 6.79. The topological polar surface area (TPSA) is 62.7 Å². The number of carbonyl (C=O) groups is 1. The molecule has 0 unspecified atom stereocenters. The zero-order valence-corrected chi connectivity index (χ0v) is 13.0. The molecule has 1 aromatic carbocycles. The Morgan fingerprint density at radius 2 is 2.00 bits per heavy atom. The van der Waals surface area contributed by atoms with Crippen molar-refractivity contribution in [2.75, 3.05) is 7.05 Å². The van der Waals surface area contributed by atoms with Crippen LogP contribution < -0.4 is 4.74 Å². The highest BCUT2D eigenvalue weighted by Gasteiger charge is 2.40. The van der Waals surface area contributed by atoms with Crippen LogP contribution in [0, 0.1) is 0 Å². The van der Waals surface area contributed by atoms with Crippen LogP contribution in [0.2, 0.25) is 0 Å². The van der Waals surface area contributed by atoms with Crippen LogP contribution in [-0.2, 0) is 0 Å². The maximum Gasteiger partial charge on any atom is 0.255 e. The molecule has 3 atom stereocenters. The minimum Gasteiger partial charge on any atom is -0.488 e. The van der Waals surface area contributed by atoms with Crippen molar-refractivity contribution in [1.29, 1.82) is 0 Å². The van der Waals surface area contributed by atoms with Crippen LogP contribution in [0.3, 0.4) is 0 Å². The fourth-order valence-electron chi connectivity index (χ4n) is 2.99. The van der Waals surface area contributed by atoms with Gasteiger partial charge in [-0.1, -0.05) is 18.2 Å². The first-order valence-corrected chi connectivity index (χ1v) is 7.74. The Hall–Kier alpha value is -2.40. The number of likely N-dealkylation sites (N-methyl/N-ethyl adjacent to an activating group) is 1. The van der Waals surface area contributed by atoms with Crippen molar-refractivity contribution >= 4 is 5.91 Å². The predicted molar refractivity (Wildman–Crippen MR) is 86.2 cm³/mol. The molecule has 2 aromatic rings. The van der Waals surface area contributed by atoms with Crippen molar-refractivity contribution in [3.63, 3.8) is 0 Å². The summed E-state index contributed by atoms with van der Waals surface area (Å²) in [7, 11) is 1.72. The van der Waals surface area contributed by atoms with Crippen LogP contribution >= 0.6 is 0 Å². The average Bonchev–Trinajstić information content (AvgIpc) is 2.96. The van der Waals surface area contributed by atoms with Crippen LogP contribution in [0.25, 0.3) is 0 Å². The molecule has 0 bridgehead atoms. The number of aromatic nitrogens is 1. The largest absolute Gasteiger partial charge is 0.488 e. The highest BCUT2D eigenvalue weighted by molar-refractivity contribution is 5.93. The molecule has 1 heterocycles. The summed E-state index contributed by atoms with van der Waals surface area (Å²) >= 11 is 0. The van der Waals surface area contributed by atoms with Gasteiger partial charge in [0.05, 0.1) is 11.6 Å². The van der Waals surface area contributed by atoms with Gasteiger partial charge in [0.2, 0.25) is 0 Å². The lowest BCUT2D eigenvalue weighted by Crippen LogP contribution is -2.45. The van der Waals surface area contributed by atoms with E-state index in [1.165, 1.54) is 6.20 Å². The zero-order chi connectivity index (χ0) is 16.2. The van der Waals surface area contributed by atoms with Gasteiger partial charge in [0.25, 0.3) is 5.91 Å². The number of aliphatic hydroxyl groups excluding tert-OH is 1. The minimum absolute atomic E-state index is 0.137. The summed E-state index contributed by atoms with van der Waals surface area (Å²) < 4.78 is 5.85. The summed E-state index contributed by atoms with van der Waals surface area (Å²) in [5, 5.41) is 10.5. The normalized spacial score (nSPS) is 23.5. The highest BCUT2D eigenvalue weighted by Crippen LogP contribution is 2.28. The van der Waals surface area contributed by atoms with Crippen LogP contribution in [0.5, 0.6) is 5.75 Å². The summed E-state index contributed by atoms with van der Waals surface area (Å²) in [4.78, 5) is 18.0. The number of ether oxygens (including phenoxy) is 1. The van der Waals surface area contributed by atoms with E-state index in [0.29, 0.717) is 18.4 Å². The molecule has 0 saturated heterocycles. The quantitative estimate of drug-likeness (QED) is 0.939. The SMILES string of the molecule is CN(C(=O)c1cccnc1)[C@@H]1CC[C@H](Oc2ccccc2)[C@H]1O. The van der Waals surface area contributed by atoms with Crippen LogP contribution in [0.15, 0.2) is 54.9 Å². The maximum absolute atomic E-state index is 12.5. The summed E-state index contributed by atoms with van der Waals surface area (Å²) in [5.41, 5.74) is 0.523. The molecule has 1 aromatic heterocycles. The highest BCUT2D eigenvalue weighted by atomic mass is 16.5. The van der Waals surface area contributed by atoms with E-state index >= 15 is 0 Å². The first kappa shape index (κ1) is 15.5. The standard InChI is InChI=1S/C18H20N2O3/c1-20(18(22)13-6-5-11-19-12-13)15-9-10-16(17(15)21)23-14-7-3-2-4-8-14/h2-8,11-12,15-17,21H,9-10H2,1H3/t15-,16+,17+/m1/s1. The van der Waals surface area contributed by atoms with Crippen molar-refractivity contribution in [1.82, 2.24) is 9.88 Å². The van der Waals surface area contributed by atoms with E-state index in [2.05, 4.69) is 4.98 Å². The number of nitrogens with zero attached hydrogens (tertiary/aromatic N) is 2. The van der Waals surface area contributed by atoms with Crippen LogP contribution in [-0.4, -0.2) is 46.2 Å². The van der Waals surface area contributed by atoms with E-state index in [1.54, 1.807) is 30.3 Å². The zero-order valence-electron chi connectivity index (χ0n) is 13.0. The Morgan fingerprint density at radius 3 is 2.70 bits per heavy atom. The molecule has 0 aliphatic heterocycles. The fraction of sp³-hybridized carbons (Fsp3) is 0.333. The fourth-order valence-corrected chi connectivity index (χ4v) is 2.99. The lowest BCUT2D eigenvalue weighted by Gasteiger charge is -2.28. The van der Waals surface area contributed by atoms with E-state index < -0.39 is 6.10 Å². The number of para-hydroxylation sites is 1. The molecule has 1 fully saturated rings. The van der Waals surface area contributed by atoms with Gasteiger partial charge in [-0.25, -0.2) is 0 Å². The molecular formula is C18H20N2O3. The number of aliphatic hydroxyl groups is 1. The van der Waals surface area contributed by atoms with Crippen molar-refractivity contribution in [3.05, 3.63) is 60.4 Å². The van der Waals surface area contributed by atoms with Gasteiger partial charge in [-0.3, -0.25) is 9.78 Å². The third-order valence-corrected chi connectivity index (χ3v) is 4.28. The molecule has 0 radical (unpaired) electrons. The lowest BCUT2D eigenvalue weighted by molar-refractivity contribution is 0.0166. The minimum atomic E-state index is -0.708. The lowest BCUT2D eigenvalue weighted by atomic mass is 10.1. The average molecular weight is 312 g/mol. The molecule has 5 heteroatoms. The molecule has 120 valence electrons. The molecular weight excluding hydrogens is 292 g/mol. The van der Waals surface area contributed by atoms with Gasteiger partial charge < -0.3 is 14.7 Å². The molecule has 3 rings (SSSR count). The second-order valence-corrected chi connectivity index (χ2v) is 5.76. The molecule has 0 spiro atoms. The van der Waals surface area contributed by atoms with Crippen molar-refractivity contribution in [3.8, 4) is 5.75 Å². The molecule has 1 N–H and O–H groups in total. The Bertz CT molecular complexity index is 648. The Balaban J connectivity index is 1.66. The van der Waals surface area contributed by atoms with E-state index in [9.17, 15) is 9.90 Å². The molecule has 1 saturated carbocycles. The van der Waals surface area contributed by atoms with E-state index in [1.807, 2.05) is 30.3 Å². The summed E-state index contributed by atoms with van der Waals surface area (Å²) in [6.45, 7) is 0.